The fraction of sp³-hybridized carbons (Fsp3) is 0.250. The van der Waals surface area contributed by atoms with Crippen molar-refractivity contribution in [3.8, 4) is 0 Å². The van der Waals surface area contributed by atoms with E-state index in [0.717, 1.165) is 0 Å². The number of hydrogen-bond donors (Lipinski definition) is 2. The second-order valence-electron chi connectivity index (χ2n) is 9.25. The highest BCUT2D eigenvalue weighted by Crippen LogP contribution is 2.34. The fourth-order valence-electron chi connectivity index (χ4n) is 4.33. The van der Waals surface area contributed by atoms with Crippen molar-refractivity contribution in [2.45, 2.75) is 23.9 Å². The number of carbonyl (C=O) groups is 3. The van der Waals surface area contributed by atoms with E-state index in [1.54, 1.807) is 42.5 Å². The number of ketones is 1. The molecule has 0 saturated carbocycles. The smallest absolute Gasteiger partial charge is 0.343 e. The van der Waals surface area contributed by atoms with Crippen molar-refractivity contribution in [1.82, 2.24) is 10.2 Å². The summed E-state index contributed by atoms with van der Waals surface area (Å²) in [5.41, 5.74) is 0.743. The van der Waals surface area contributed by atoms with Gasteiger partial charge in [-0.2, -0.15) is 13.2 Å². The Balaban J connectivity index is 1.37. The Bertz CT molecular complexity index is 1490. The number of nitrogens with zero attached hydrogens (tertiary/aromatic N) is 1. The molecule has 0 radical (unpaired) electrons. The summed E-state index contributed by atoms with van der Waals surface area (Å²) in [4.78, 5) is 38.9. The molecule has 2 amide bonds. The Morgan fingerprint density at radius 1 is 0.825 bits per heavy atom. The van der Waals surface area contributed by atoms with Crippen LogP contribution < -0.4 is 10.0 Å². The van der Waals surface area contributed by atoms with E-state index in [1.165, 1.54) is 41.3 Å². The van der Waals surface area contributed by atoms with E-state index in [9.17, 15) is 36.0 Å². The number of sulfonamides is 1. The Kier molecular flexibility index (Phi) is 8.58. The lowest BCUT2D eigenvalue weighted by Crippen LogP contribution is -2.46. The van der Waals surface area contributed by atoms with E-state index in [1.807, 2.05) is 0 Å². The number of nitrogens with one attached hydrogen (secondary N) is 2. The van der Waals surface area contributed by atoms with Gasteiger partial charge in [0.2, 0.25) is 5.91 Å². The zero-order chi connectivity index (χ0) is 28.9. The Morgan fingerprint density at radius 2 is 1.43 bits per heavy atom. The first-order valence-corrected chi connectivity index (χ1v) is 13.9. The number of carbonyl (C=O) groups excluding carboxylic acids is 3. The summed E-state index contributed by atoms with van der Waals surface area (Å²) < 4.78 is 66.9. The molecule has 4 rings (SSSR count). The van der Waals surface area contributed by atoms with E-state index >= 15 is 0 Å². The van der Waals surface area contributed by atoms with Crippen LogP contribution in [0.15, 0.2) is 83.8 Å². The molecule has 12 heteroatoms. The molecule has 40 heavy (non-hydrogen) atoms. The Labute approximate surface area is 229 Å². The Hall–Kier alpha value is -4.19. The van der Waals surface area contributed by atoms with Crippen LogP contribution in [0.25, 0.3) is 0 Å². The van der Waals surface area contributed by atoms with Crippen LogP contribution in [0.2, 0.25) is 0 Å². The minimum atomic E-state index is -4.29. The topological polar surface area (TPSA) is 113 Å². The van der Waals surface area contributed by atoms with Gasteiger partial charge in [-0.05, 0) is 49.2 Å². The summed E-state index contributed by atoms with van der Waals surface area (Å²) in [5, 5.41) is 2.42. The first kappa shape index (κ1) is 28.8. The van der Waals surface area contributed by atoms with Crippen molar-refractivity contribution < 1.29 is 36.0 Å². The first-order valence-electron chi connectivity index (χ1n) is 12.4. The minimum Gasteiger partial charge on any atom is -0.343 e. The summed E-state index contributed by atoms with van der Waals surface area (Å²) >= 11 is 0. The van der Waals surface area contributed by atoms with Crippen LogP contribution in [0.5, 0.6) is 0 Å². The molecule has 1 saturated heterocycles. The molecule has 0 aromatic heterocycles. The van der Waals surface area contributed by atoms with Gasteiger partial charge in [0.15, 0.2) is 5.78 Å². The average molecular weight is 574 g/mol. The third-order valence-electron chi connectivity index (χ3n) is 6.59. The molecule has 210 valence electrons. The van der Waals surface area contributed by atoms with Gasteiger partial charge < -0.3 is 10.2 Å². The second kappa shape index (κ2) is 11.9. The molecule has 1 fully saturated rings. The number of alkyl halides is 3. The molecular formula is C28H26F3N3O5S. The lowest BCUT2D eigenvalue weighted by atomic mass is 9.96. The van der Waals surface area contributed by atoms with E-state index in [0.29, 0.717) is 5.56 Å². The monoisotopic (exact) mass is 573 g/mol. The van der Waals surface area contributed by atoms with Crippen molar-refractivity contribution in [3.63, 3.8) is 0 Å². The van der Waals surface area contributed by atoms with Gasteiger partial charge in [-0.3, -0.25) is 19.1 Å². The van der Waals surface area contributed by atoms with Crippen LogP contribution in [-0.4, -0.2) is 56.7 Å². The van der Waals surface area contributed by atoms with E-state index in [-0.39, 0.29) is 53.4 Å². The standard InChI is InChI=1S/C28H26F3N3O5S/c29-28(30,31)21-14-16-34(17-15-21)25(35)18-32-27(37)20-10-12-22(13-11-20)40(38,39)33-24-9-5-4-8-23(24)26(36)19-6-2-1-3-7-19/h1-13,21,33H,14-18H2,(H,32,37). The van der Waals surface area contributed by atoms with Crippen molar-refractivity contribution in [2.24, 2.45) is 5.92 Å². The summed E-state index contributed by atoms with van der Waals surface area (Å²) in [6.45, 7) is -0.486. The van der Waals surface area contributed by atoms with Crippen LogP contribution in [0, 0.1) is 5.92 Å². The molecule has 0 spiro atoms. The molecule has 3 aromatic rings. The number of para-hydroxylation sites is 1. The first-order chi connectivity index (χ1) is 19.0. The van der Waals surface area contributed by atoms with Crippen LogP contribution in [0.4, 0.5) is 18.9 Å². The number of halogens is 3. The fourth-order valence-corrected chi connectivity index (χ4v) is 5.41. The second-order valence-corrected chi connectivity index (χ2v) is 10.9. The van der Waals surface area contributed by atoms with Gasteiger partial charge in [0.05, 0.1) is 23.0 Å². The number of amides is 2. The molecule has 1 aliphatic heterocycles. The van der Waals surface area contributed by atoms with Gasteiger partial charge in [0.1, 0.15) is 0 Å². The normalized spacial score (nSPS) is 14.4. The summed E-state index contributed by atoms with van der Waals surface area (Å²) in [7, 11) is -4.12. The van der Waals surface area contributed by atoms with Crippen LogP contribution in [0.3, 0.4) is 0 Å². The zero-order valence-corrected chi connectivity index (χ0v) is 22.0. The summed E-state index contributed by atoms with van der Waals surface area (Å²) in [6, 6.07) is 19.6. The third kappa shape index (κ3) is 6.87. The predicted molar refractivity (Wildman–Crippen MR) is 141 cm³/mol. The van der Waals surface area contributed by atoms with Gasteiger partial charge in [-0.1, -0.05) is 42.5 Å². The van der Waals surface area contributed by atoms with Gasteiger partial charge in [-0.25, -0.2) is 8.42 Å². The zero-order valence-electron chi connectivity index (χ0n) is 21.1. The van der Waals surface area contributed by atoms with Crippen LogP contribution in [-0.2, 0) is 14.8 Å². The number of anilines is 1. The van der Waals surface area contributed by atoms with E-state index in [4.69, 9.17) is 0 Å². The highest BCUT2D eigenvalue weighted by atomic mass is 32.2. The maximum Gasteiger partial charge on any atom is 0.391 e. The predicted octanol–water partition coefficient (Wildman–Crippen LogP) is 4.25. The summed E-state index contributed by atoms with van der Waals surface area (Å²) in [5.74, 6) is -2.94. The highest BCUT2D eigenvalue weighted by Gasteiger charge is 2.41. The Morgan fingerprint density at radius 3 is 2.05 bits per heavy atom. The molecule has 0 aliphatic carbocycles. The number of benzene rings is 3. The molecule has 0 bridgehead atoms. The number of piperidine rings is 1. The van der Waals surface area contributed by atoms with Gasteiger partial charge in [0.25, 0.3) is 15.9 Å². The maximum atomic E-state index is 13.0. The number of rotatable bonds is 8. The van der Waals surface area contributed by atoms with Gasteiger partial charge >= 0.3 is 6.18 Å². The van der Waals surface area contributed by atoms with Crippen LogP contribution in [0.1, 0.15) is 39.1 Å². The van der Waals surface area contributed by atoms with Crippen molar-refractivity contribution >= 4 is 33.3 Å². The van der Waals surface area contributed by atoms with E-state index < -0.39 is 40.5 Å². The molecule has 0 atom stereocenters. The molecule has 8 nitrogen and oxygen atoms in total. The quantitative estimate of drug-likeness (QED) is 0.392. The number of likely N-dealkylation sites (tertiary alicyclic amines) is 1. The molecule has 1 aliphatic rings. The lowest BCUT2D eigenvalue weighted by molar-refractivity contribution is -0.186. The number of hydrogen-bond acceptors (Lipinski definition) is 5. The maximum absolute atomic E-state index is 13.0. The SMILES string of the molecule is O=C(NCC(=O)N1CCC(C(F)(F)F)CC1)c1ccc(S(=O)(=O)Nc2ccccc2C(=O)c2ccccc2)cc1. The largest absolute Gasteiger partial charge is 0.391 e. The molecule has 3 aromatic carbocycles. The van der Waals surface area contributed by atoms with E-state index in [2.05, 4.69) is 10.0 Å². The third-order valence-corrected chi connectivity index (χ3v) is 7.97. The molecule has 2 N–H and O–H groups in total. The van der Waals surface area contributed by atoms with Crippen molar-refractivity contribution in [3.05, 3.63) is 95.6 Å². The van der Waals surface area contributed by atoms with Gasteiger partial charge in [-0.15, -0.1) is 0 Å². The highest BCUT2D eigenvalue weighted by molar-refractivity contribution is 7.92. The lowest BCUT2D eigenvalue weighted by Gasteiger charge is -2.33. The molecular weight excluding hydrogens is 547 g/mol. The minimum absolute atomic E-state index is 0.0431. The van der Waals surface area contributed by atoms with Gasteiger partial charge in [0, 0.05) is 29.8 Å². The van der Waals surface area contributed by atoms with Crippen LogP contribution >= 0.6 is 0 Å². The van der Waals surface area contributed by atoms with Crippen molar-refractivity contribution in [2.75, 3.05) is 24.4 Å². The average Bonchev–Trinajstić information content (AvgIpc) is 2.95. The molecule has 0 unspecified atom stereocenters. The summed E-state index contributed by atoms with van der Waals surface area (Å²) in [6.07, 6.45) is -4.66. The van der Waals surface area contributed by atoms with Crippen molar-refractivity contribution in [1.29, 1.82) is 0 Å². The molecule has 1 heterocycles.